The molecule has 0 radical (unpaired) electrons. The molecule has 0 spiro atoms. The predicted octanol–water partition coefficient (Wildman–Crippen LogP) is 1.53. The number of ether oxygens (including phenoxy) is 3. The van der Waals surface area contributed by atoms with E-state index in [1.807, 2.05) is 7.05 Å². The summed E-state index contributed by atoms with van der Waals surface area (Å²) < 4.78 is 42.2. The summed E-state index contributed by atoms with van der Waals surface area (Å²) in [5.74, 6) is 0.0129. The third kappa shape index (κ3) is 6.53. The highest BCUT2D eigenvalue weighted by Gasteiger charge is 2.31. The van der Waals surface area contributed by atoms with Crippen LogP contribution in [0.5, 0.6) is 5.88 Å². The monoisotopic (exact) mass is 574 g/mol. The van der Waals surface area contributed by atoms with Gasteiger partial charge in [-0.15, -0.1) is 0 Å². The first-order valence-electron chi connectivity index (χ1n) is 12.6. The highest BCUT2D eigenvalue weighted by molar-refractivity contribution is 7.92. The fourth-order valence-corrected chi connectivity index (χ4v) is 6.54. The average molecular weight is 575 g/mol. The summed E-state index contributed by atoms with van der Waals surface area (Å²) in [6, 6.07) is 9.78. The van der Waals surface area contributed by atoms with Crippen molar-refractivity contribution in [2.75, 3.05) is 65.0 Å². The van der Waals surface area contributed by atoms with E-state index in [-0.39, 0.29) is 17.2 Å². The Hall–Kier alpha value is -3.17. The number of anilines is 1. The van der Waals surface area contributed by atoms with Crippen LogP contribution in [0.1, 0.15) is 12.0 Å². The number of amides is 1. The van der Waals surface area contributed by atoms with Crippen molar-refractivity contribution in [2.45, 2.75) is 16.6 Å². The van der Waals surface area contributed by atoms with E-state index in [2.05, 4.69) is 25.7 Å². The first-order chi connectivity index (χ1) is 18.9. The minimum Gasteiger partial charge on any atom is -0.476 e. The molecule has 0 aliphatic carbocycles. The summed E-state index contributed by atoms with van der Waals surface area (Å²) in [6.45, 7) is 3.87. The zero-order chi connectivity index (χ0) is 27.2. The molecule has 2 saturated heterocycles. The molecule has 3 aromatic rings. The standard InChI is InChI=1S/C25H30N6O6S2/c1-26-9-13-37-21-7-6-20-24(28-21)38-25(27-20)29-23(32)22(30-31-10-14-35-15-11-31)17-2-4-18(5-3-17)39(33,34)19-8-12-36-16-19/h2-7,19,26H,8-16H2,1H3,(H,27,29,32)/t19-/m0/s1. The van der Waals surface area contributed by atoms with Crippen LogP contribution in [0.15, 0.2) is 46.4 Å². The number of thiazole rings is 1. The van der Waals surface area contributed by atoms with Crippen molar-refractivity contribution in [3.63, 3.8) is 0 Å². The third-order valence-corrected chi connectivity index (χ3v) is 9.34. The highest BCUT2D eigenvalue weighted by atomic mass is 32.2. The van der Waals surface area contributed by atoms with Crippen LogP contribution in [0.25, 0.3) is 10.3 Å². The Morgan fingerprint density at radius 1 is 1.13 bits per heavy atom. The molecule has 1 aromatic carbocycles. The molecule has 2 aliphatic heterocycles. The molecule has 2 N–H and O–H groups in total. The lowest BCUT2D eigenvalue weighted by atomic mass is 10.1. The van der Waals surface area contributed by atoms with Gasteiger partial charge in [-0.05, 0) is 31.7 Å². The van der Waals surface area contributed by atoms with Crippen LogP contribution < -0.4 is 15.4 Å². The number of nitrogens with one attached hydrogen (secondary N) is 2. The minimum absolute atomic E-state index is 0.147. The van der Waals surface area contributed by atoms with E-state index < -0.39 is 21.0 Å². The van der Waals surface area contributed by atoms with Gasteiger partial charge in [0.05, 0.1) is 43.1 Å². The van der Waals surface area contributed by atoms with E-state index in [4.69, 9.17) is 14.2 Å². The lowest BCUT2D eigenvalue weighted by Crippen LogP contribution is -2.35. The lowest BCUT2D eigenvalue weighted by Gasteiger charge is -2.25. The maximum Gasteiger partial charge on any atom is 0.278 e. The van der Waals surface area contributed by atoms with Crippen LogP contribution in [0.2, 0.25) is 0 Å². The molecule has 5 rings (SSSR count). The van der Waals surface area contributed by atoms with Crippen molar-refractivity contribution >= 4 is 48.3 Å². The molecule has 0 unspecified atom stereocenters. The van der Waals surface area contributed by atoms with E-state index in [0.717, 1.165) is 0 Å². The second kappa shape index (κ2) is 12.3. The number of pyridine rings is 1. The molecule has 12 nitrogen and oxygen atoms in total. The predicted molar refractivity (Wildman–Crippen MR) is 147 cm³/mol. The maximum atomic E-state index is 13.5. The third-order valence-electron chi connectivity index (χ3n) is 6.28. The lowest BCUT2D eigenvalue weighted by molar-refractivity contribution is -0.110. The number of hydrogen-bond donors (Lipinski definition) is 2. The number of carbonyl (C=O) groups excluding carboxylic acids is 1. The van der Waals surface area contributed by atoms with Gasteiger partial charge in [-0.1, -0.05) is 23.5 Å². The topological polar surface area (TPSA) is 144 Å². The van der Waals surface area contributed by atoms with Crippen molar-refractivity contribution < 1.29 is 27.4 Å². The van der Waals surface area contributed by atoms with E-state index in [9.17, 15) is 13.2 Å². The number of hydrazone groups is 1. The van der Waals surface area contributed by atoms with Gasteiger partial charge in [0.25, 0.3) is 5.91 Å². The molecule has 2 aromatic heterocycles. The number of morpholine rings is 1. The SMILES string of the molecule is CNCCOc1ccc2nc(NC(=O)C(=NN3CCOCC3)c3ccc(S(=O)(=O)[C@H]4CCOC4)cc3)sc2n1. The van der Waals surface area contributed by atoms with E-state index in [1.165, 1.54) is 23.5 Å². The van der Waals surface area contributed by atoms with Crippen molar-refractivity contribution in [3.05, 3.63) is 42.0 Å². The van der Waals surface area contributed by atoms with Crippen LogP contribution in [0.3, 0.4) is 0 Å². The molecule has 2 fully saturated rings. The molecule has 39 heavy (non-hydrogen) atoms. The van der Waals surface area contributed by atoms with Crippen LogP contribution in [0.4, 0.5) is 5.13 Å². The van der Waals surface area contributed by atoms with E-state index in [0.29, 0.717) is 79.4 Å². The quantitative estimate of drug-likeness (QED) is 0.270. The zero-order valence-corrected chi connectivity index (χ0v) is 23.1. The summed E-state index contributed by atoms with van der Waals surface area (Å²) in [4.78, 5) is 23.3. The Balaban J connectivity index is 1.38. The largest absolute Gasteiger partial charge is 0.476 e. The number of hydrogen-bond acceptors (Lipinski definition) is 12. The van der Waals surface area contributed by atoms with Gasteiger partial charge >= 0.3 is 0 Å². The summed E-state index contributed by atoms with van der Waals surface area (Å²) >= 11 is 1.23. The normalized spacial score (nSPS) is 18.4. The van der Waals surface area contributed by atoms with Gasteiger partial charge in [-0.25, -0.2) is 18.4 Å². The number of fused-ring (bicyclic) bond motifs is 1. The molecule has 14 heteroatoms. The first-order valence-corrected chi connectivity index (χ1v) is 15.0. The number of likely N-dealkylation sites (N-methyl/N-ethyl adjacent to an activating group) is 1. The van der Waals surface area contributed by atoms with Crippen molar-refractivity contribution in [1.29, 1.82) is 0 Å². The maximum absolute atomic E-state index is 13.5. The smallest absolute Gasteiger partial charge is 0.278 e. The molecule has 1 amide bonds. The fourth-order valence-electron chi connectivity index (χ4n) is 4.13. The van der Waals surface area contributed by atoms with Gasteiger partial charge in [0, 0.05) is 24.8 Å². The molecule has 4 heterocycles. The molecular weight excluding hydrogens is 544 g/mol. The van der Waals surface area contributed by atoms with Crippen LogP contribution in [0, 0.1) is 0 Å². The van der Waals surface area contributed by atoms with Crippen LogP contribution in [-0.4, -0.2) is 100.0 Å². The average Bonchev–Trinajstić information content (AvgIpc) is 3.63. The van der Waals surface area contributed by atoms with E-state index in [1.54, 1.807) is 29.3 Å². The number of rotatable bonds is 10. The molecule has 0 bridgehead atoms. The molecule has 1 atom stereocenters. The number of benzene rings is 1. The Morgan fingerprint density at radius 2 is 1.92 bits per heavy atom. The van der Waals surface area contributed by atoms with Gasteiger partial charge in [0.2, 0.25) is 5.88 Å². The summed E-state index contributed by atoms with van der Waals surface area (Å²) in [5, 5.41) is 12.0. The second-order valence-corrected chi connectivity index (χ2v) is 12.2. The fraction of sp³-hybridized carbons (Fsp3) is 0.440. The van der Waals surface area contributed by atoms with Gasteiger partial charge in [-0.3, -0.25) is 15.1 Å². The van der Waals surface area contributed by atoms with Crippen molar-refractivity contribution in [2.24, 2.45) is 5.10 Å². The number of nitrogens with zero attached hydrogens (tertiary/aromatic N) is 4. The second-order valence-electron chi connectivity index (χ2n) is 8.97. The molecular formula is C25H30N6O6S2. The Bertz CT molecular complexity index is 1430. The molecule has 0 saturated carbocycles. The van der Waals surface area contributed by atoms with Crippen LogP contribution >= 0.6 is 11.3 Å². The summed E-state index contributed by atoms with van der Waals surface area (Å²) in [6.07, 6.45) is 0.469. The highest BCUT2D eigenvalue weighted by Crippen LogP contribution is 2.27. The zero-order valence-electron chi connectivity index (χ0n) is 21.5. The first kappa shape index (κ1) is 27.4. The Kier molecular flexibility index (Phi) is 8.67. The van der Waals surface area contributed by atoms with Gasteiger partial charge in [0.15, 0.2) is 20.7 Å². The number of carbonyl (C=O) groups is 1. The van der Waals surface area contributed by atoms with Gasteiger partial charge in [-0.2, -0.15) is 5.10 Å². The number of sulfone groups is 1. The Labute approximate surface area is 230 Å². The Morgan fingerprint density at radius 3 is 2.64 bits per heavy atom. The number of aromatic nitrogens is 2. The van der Waals surface area contributed by atoms with Crippen molar-refractivity contribution in [1.82, 2.24) is 20.3 Å². The molecule has 208 valence electrons. The van der Waals surface area contributed by atoms with Gasteiger partial charge < -0.3 is 19.5 Å². The summed E-state index contributed by atoms with van der Waals surface area (Å²) in [7, 11) is -1.68. The van der Waals surface area contributed by atoms with Crippen LogP contribution in [-0.2, 0) is 24.1 Å². The molecule has 2 aliphatic rings. The summed E-state index contributed by atoms with van der Waals surface area (Å²) in [5.41, 5.74) is 1.27. The van der Waals surface area contributed by atoms with E-state index >= 15 is 0 Å². The van der Waals surface area contributed by atoms with Crippen molar-refractivity contribution in [3.8, 4) is 5.88 Å². The van der Waals surface area contributed by atoms with Gasteiger partial charge in [0.1, 0.15) is 17.0 Å². The minimum atomic E-state index is -3.52.